The lowest BCUT2D eigenvalue weighted by Gasteiger charge is -2.22. The van der Waals surface area contributed by atoms with Crippen LogP contribution in [0.2, 0.25) is 0 Å². The fourth-order valence-electron chi connectivity index (χ4n) is 2.06. The molecule has 2 N–H and O–H groups in total. The van der Waals surface area contributed by atoms with Crippen LogP contribution in [0.4, 0.5) is 10.5 Å². The van der Waals surface area contributed by atoms with Crippen LogP contribution in [0.1, 0.15) is 47.1 Å². The Bertz CT molecular complexity index is 669. The number of hydrogen-bond donors (Lipinski definition) is 2. The van der Waals surface area contributed by atoms with Crippen molar-refractivity contribution in [3.05, 3.63) is 29.8 Å². The van der Waals surface area contributed by atoms with E-state index in [0.29, 0.717) is 5.69 Å². The molecule has 1 aromatic carbocycles. The van der Waals surface area contributed by atoms with Gasteiger partial charge in [-0.05, 0) is 38.5 Å². The van der Waals surface area contributed by atoms with E-state index in [-0.39, 0.29) is 12.3 Å². The van der Waals surface area contributed by atoms with Crippen molar-refractivity contribution in [2.45, 2.75) is 59.6 Å². The topological polar surface area (TPSA) is 93.7 Å². The van der Waals surface area contributed by atoms with Crippen LogP contribution in [0.15, 0.2) is 24.3 Å². The van der Waals surface area contributed by atoms with Gasteiger partial charge in [0, 0.05) is 17.5 Å². The zero-order valence-corrected chi connectivity index (χ0v) is 17.1. The molecular formula is C20H30N2O5. The Labute approximate surface area is 160 Å². The summed E-state index contributed by atoms with van der Waals surface area (Å²) >= 11 is 0. The minimum Gasteiger partial charge on any atom is -0.467 e. The van der Waals surface area contributed by atoms with Gasteiger partial charge in [-0.3, -0.25) is 4.79 Å². The lowest BCUT2D eigenvalue weighted by molar-refractivity contribution is -0.143. The molecule has 1 rings (SSSR count). The molecule has 0 aromatic heterocycles. The Hall–Kier alpha value is -2.57. The van der Waals surface area contributed by atoms with Gasteiger partial charge in [0.1, 0.15) is 11.6 Å². The third-order valence-electron chi connectivity index (χ3n) is 3.51. The highest BCUT2D eigenvalue weighted by Crippen LogP contribution is 2.18. The minimum absolute atomic E-state index is 0.0886. The van der Waals surface area contributed by atoms with Gasteiger partial charge >= 0.3 is 12.1 Å². The van der Waals surface area contributed by atoms with Gasteiger partial charge in [0.15, 0.2) is 0 Å². The van der Waals surface area contributed by atoms with Crippen LogP contribution in [0.5, 0.6) is 0 Å². The molecule has 1 atom stereocenters. The molecule has 0 spiro atoms. The van der Waals surface area contributed by atoms with Crippen molar-refractivity contribution in [3.8, 4) is 0 Å². The van der Waals surface area contributed by atoms with Crippen molar-refractivity contribution in [2.24, 2.45) is 5.41 Å². The molecule has 7 nitrogen and oxygen atoms in total. The number of esters is 1. The Morgan fingerprint density at radius 3 is 2.00 bits per heavy atom. The fourth-order valence-corrected chi connectivity index (χ4v) is 2.06. The molecule has 1 aromatic rings. The molecule has 0 aliphatic rings. The van der Waals surface area contributed by atoms with Crippen molar-refractivity contribution in [1.29, 1.82) is 0 Å². The zero-order valence-electron chi connectivity index (χ0n) is 17.1. The maximum Gasteiger partial charge on any atom is 0.408 e. The Morgan fingerprint density at radius 2 is 1.56 bits per heavy atom. The number of nitrogens with one attached hydrogen (secondary N) is 2. The number of methoxy groups -OCH3 is 1. The number of rotatable bonds is 5. The maximum absolute atomic E-state index is 12.0. The third-order valence-corrected chi connectivity index (χ3v) is 3.51. The smallest absolute Gasteiger partial charge is 0.408 e. The molecule has 0 radical (unpaired) electrons. The molecule has 0 heterocycles. The second-order valence-corrected chi connectivity index (χ2v) is 8.33. The number of ether oxygens (including phenoxy) is 2. The highest BCUT2D eigenvalue weighted by Gasteiger charge is 2.25. The molecule has 7 heteroatoms. The first kappa shape index (κ1) is 22.5. The van der Waals surface area contributed by atoms with E-state index in [4.69, 9.17) is 9.47 Å². The van der Waals surface area contributed by atoms with E-state index in [1.807, 2.05) is 20.8 Å². The van der Waals surface area contributed by atoms with E-state index >= 15 is 0 Å². The van der Waals surface area contributed by atoms with Gasteiger partial charge in [0.2, 0.25) is 5.91 Å². The fraction of sp³-hybridized carbons (Fsp3) is 0.550. The number of carbonyl (C=O) groups is 3. The summed E-state index contributed by atoms with van der Waals surface area (Å²) in [6, 6.07) is 6.19. The SMILES string of the molecule is COC(=O)C(Cc1ccc(NC(=O)C(C)(C)C)cc1)NC(=O)OC(C)(C)C. The van der Waals surface area contributed by atoms with Crippen LogP contribution in [0.3, 0.4) is 0 Å². The average Bonchev–Trinajstić information content (AvgIpc) is 2.52. The monoisotopic (exact) mass is 378 g/mol. The van der Waals surface area contributed by atoms with E-state index in [0.717, 1.165) is 5.56 Å². The molecule has 0 aliphatic carbocycles. The first-order valence-electron chi connectivity index (χ1n) is 8.79. The molecule has 0 fully saturated rings. The van der Waals surface area contributed by atoms with Crippen LogP contribution in [0.25, 0.3) is 0 Å². The predicted octanol–water partition coefficient (Wildman–Crippen LogP) is 3.28. The molecule has 150 valence electrons. The number of benzene rings is 1. The standard InChI is InChI=1S/C20H30N2O5/c1-19(2,3)17(24)21-14-10-8-13(9-11-14)12-15(16(23)26-7)22-18(25)27-20(4,5)6/h8-11,15H,12H2,1-7H3,(H,21,24)(H,22,25). The van der Waals surface area contributed by atoms with E-state index < -0.39 is 29.1 Å². The van der Waals surface area contributed by atoms with Crippen LogP contribution in [0, 0.1) is 5.41 Å². The van der Waals surface area contributed by atoms with Crippen LogP contribution in [-0.4, -0.2) is 36.7 Å². The summed E-state index contributed by atoms with van der Waals surface area (Å²) < 4.78 is 9.95. The summed E-state index contributed by atoms with van der Waals surface area (Å²) in [6.45, 7) is 10.7. The summed E-state index contributed by atoms with van der Waals surface area (Å²) in [4.78, 5) is 36.0. The molecule has 27 heavy (non-hydrogen) atoms. The number of alkyl carbamates (subject to hydrolysis) is 1. The van der Waals surface area contributed by atoms with Gasteiger partial charge in [0.25, 0.3) is 0 Å². The third kappa shape index (κ3) is 8.11. The van der Waals surface area contributed by atoms with Gasteiger partial charge in [0.05, 0.1) is 7.11 Å². The maximum atomic E-state index is 12.0. The van der Waals surface area contributed by atoms with Gasteiger partial charge in [-0.1, -0.05) is 32.9 Å². The summed E-state index contributed by atoms with van der Waals surface area (Å²) in [5.41, 5.74) is 0.299. The van der Waals surface area contributed by atoms with Crippen molar-refractivity contribution in [2.75, 3.05) is 12.4 Å². The van der Waals surface area contributed by atoms with Gasteiger partial charge in [-0.15, -0.1) is 0 Å². The number of carbonyl (C=O) groups excluding carboxylic acids is 3. The molecule has 0 bridgehead atoms. The highest BCUT2D eigenvalue weighted by atomic mass is 16.6. The lowest BCUT2D eigenvalue weighted by Crippen LogP contribution is -2.45. The second-order valence-electron chi connectivity index (χ2n) is 8.33. The van der Waals surface area contributed by atoms with E-state index in [9.17, 15) is 14.4 Å². The molecular weight excluding hydrogens is 348 g/mol. The zero-order chi connectivity index (χ0) is 20.8. The van der Waals surface area contributed by atoms with Crippen molar-refractivity contribution in [1.82, 2.24) is 5.32 Å². The normalized spacial score (nSPS) is 12.7. The number of anilines is 1. The molecule has 0 saturated heterocycles. The molecule has 0 saturated carbocycles. The predicted molar refractivity (Wildman–Crippen MR) is 103 cm³/mol. The average molecular weight is 378 g/mol. The van der Waals surface area contributed by atoms with Gasteiger partial charge < -0.3 is 20.1 Å². The highest BCUT2D eigenvalue weighted by molar-refractivity contribution is 5.94. The molecule has 2 amide bonds. The van der Waals surface area contributed by atoms with Crippen LogP contribution >= 0.6 is 0 Å². The van der Waals surface area contributed by atoms with E-state index in [2.05, 4.69) is 10.6 Å². The Balaban J connectivity index is 2.80. The second kappa shape index (κ2) is 8.88. The molecule has 1 unspecified atom stereocenters. The number of amides is 2. The summed E-state index contributed by atoms with van der Waals surface area (Å²) in [7, 11) is 1.26. The first-order chi connectivity index (χ1) is 12.3. The van der Waals surface area contributed by atoms with Crippen LogP contribution < -0.4 is 10.6 Å². The van der Waals surface area contributed by atoms with Crippen molar-refractivity contribution >= 4 is 23.7 Å². The summed E-state index contributed by atoms with van der Waals surface area (Å²) in [6.07, 6.45) is -0.452. The Kier molecular flexibility index (Phi) is 7.39. The quantitative estimate of drug-likeness (QED) is 0.767. The van der Waals surface area contributed by atoms with Crippen molar-refractivity contribution in [3.63, 3.8) is 0 Å². The van der Waals surface area contributed by atoms with Crippen molar-refractivity contribution < 1.29 is 23.9 Å². The van der Waals surface area contributed by atoms with Crippen LogP contribution in [-0.2, 0) is 25.5 Å². The van der Waals surface area contributed by atoms with Gasteiger partial charge in [-0.25, -0.2) is 9.59 Å². The molecule has 0 aliphatic heterocycles. The summed E-state index contributed by atoms with van der Waals surface area (Å²) in [5, 5.41) is 5.37. The van der Waals surface area contributed by atoms with Gasteiger partial charge in [-0.2, -0.15) is 0 Å². The largest absolute Gasteiger partial charge is 0.467 e. The van der Waals surface area contributed by atoms with E-state index in [1.165, 1.54) is 7.11 Å². The number of hydrogen-bond acceptors (Lipinski definition) is 5. The Morgan fingerprint density at radius 1 is 1.00 bits per heavy atom. The lowest BCUT2D eigenvalue weighted by atomic mass is 9.95. The summed E-state index contributed by atoms with van der Waals surface area (Å²) in [5.74, 6) is -0.653. The van der Waals surface area contributed by atoms with E-state index in [1.54, 1.807) is 45.0 Å². The first-order valence-corrected chi connectivity index (χ1v) is 8.79. The minimum atomic E-state index is -0.875.